The molecule has 1 spiro atoms. The van der Waals surface area contributed by atoms with E-state index in [2.05, 4.69) is 26.8 Å². The molecule has 0 bridgehead atoms. The fraction of sp³-hybridized carbons (Fsp3) is 0.739. The average Bonchev–Trinajstić information content (AvgIpc) is 3.09. The summed E-state index contributed by atoms with van der Waals surface area (Å²) in [4.78, 5) is 35.7. The molecule has 2 atom stereocenters. The number of rotatable bonds is 7. The summed E-state index contributed by atoms with van der Waals surface area (Å²) in [6.07, 6.45) is 11.7. The molecule has 4 rings (SSSR count). The average molecular weight is 451 g/mol. The van der Waals surface area contributed by atoms with Crippen molar-refractivity contribution in [2.24, 2.45) is 17.3 Å². The molecule has 3 fully saturated rings. The van der Waals surface area contributed by atoms with Crippen molar-refractivity contribution in [1.82, 2.24) is 15.5 Å². The first-order valence-corrected chi connectivity index (χ1v) is 11.6. The summed E-state index contributed by atoms with van der Waals surface area (Å²) in [6.45, 7) is 4.88. The molecule has 32 heavy (non-hydrogen) atoms. The van der Waals surface area contributed by atoms with Crippen molar-refractivity contribution in [1.29, 1.82) is 0 Å². The van der Waals surface area contributed by atoms with E-state index < -0.39 is 0 Å². The molecule has 1 aliphatic heterocycles. The highest BCUT2D eigenvalue weighted by molar-refractivity contribution is 5.81. The second kappa shape index (κ2) is 12.7. The fourth-order valence-corrected chi connectivity index (χ4v) is 4.94. The van der Waals surface area contributed by atoms with E-state index >= 15 is 0 Å². The van der Waals surface area contributed by atoms with Gasteiger partial charge in [-0.15, -0.1) is 0 Å². The summed E-state index contributed by atoms with van der Waals surface area (Å²) in [5.74, 6) is 2.02. The lowest BCUT2D eigenvalue weighted by molar-refractivity contribution is -0.138. The van der Waals surface area contributed by atoms with E-state index in [9.17, 15) is 14.4 Å². The highest BCUT2D eigenvalue weighted by Gasteiger charge is 2.52. The van der Waals surface area contributed by atoms with Crippen LogP contribution in [-0.2, 0) is 14.4 Å². The van der Waals surface area contributed by atoms with Gasteiger partial charge in [0.15, 0.2) is 5.82 Å². The molecule has 2 amide bonds. The second-order valence-electron chi connectivity index (χ2n) is 9.31. The molecule has 1 saturated heterocycles. The predicted molar refractivity (Wildman–Crippen MR) is 120 cm³/mol. The van der Waals surface area contributed by atoms with E-state index in [0.717, 1.165) is 19.3 Å². The van der Waals surface area contributed by atoms with E-state index in [4.69, 9.17) is 5.21 Å². The highest BCUT2D eigenvalue weighted by atomic mass is 16.5. The van der Waals surface area contributed by atoms with E-state index in [1.165, 1.54) is 52.0 Å². The molecule has 3 aliphatic rings. The quantitative estimate of drug-likeness (QED) is 0.430. The number of carbonyl (C=O) groups excluding carboxylic acids is 3. The number of aldehydes is 1. The van der Waals surface area contributed by atoms with Crippen molar-refractivity contribution in [3.05, 3.63) is 11.8 Å². The molecule has 0 aromatic carbocycles. The van der Waals surface area contributed by atoms with E-state index in [0.29, 0.717) is 41.8 Å². The van der Waals surface area contributed by atoms with Crippen LogP contribution >= 0.6 is 0 Å². The van der Waals surface area contributed by atoms with Crippen molar-refractivity contribution in [3.63, 3.8) is 0 Å². The molecule has 3 N–H and O–H groups in total. The molecule has 0 radical (unpaired) electrons. The Morgan fingerprint density at radius 1 is 1.38 bits per heavy atom. The molecule has 2 aliphatic carbocycles. The zero-order valence-electron chi connectivity index (χ0n) is 19.5. The zero-order chi connectivity index (χ0) is 23.6. The lowest BCUT2D eigenvalue weighted by Crippen LogP contribution is -2.39. The molecule has 1 aromatic heterocycles. The number of anilines is 1. The van der Waals surface area contributed by atoms with Crippen LogP contribution in [0.25, 0.3) is 0 Å². The number of amides is 2. The number of aryl methyl sites for hydroxylation is 1. The Morgan fingerprint density at radius 3 is 2.50 bits per heavy atom. The first kappa shape index (κ1) is 26.0. The van der Waals surface area contributed by atoms with E-state index in [-0.39, 0.29) is 11.8 Å². The molecule has 2 saturated carbocycles. The molecule has 180 valence electrons. The number of carbonyl (C=O) groups is 3. The minimum Gasteiger partial charge on any atom is -0.360 e. The summed E-state index contributed by atoms with van der Waals surface area (Å²) < 4.78 is 4.65. The molecular weight excluding hydrogens is 412 g/mol. The normalized spacial score (nSPS) is 21.8. The molecule has 9 heteroatoms. The number of hydrogen-bond acceptors (Lipinski definition) is 7. The zero-order valence-corrected chi connectivity index (χ0v) is 19.5. The number of aromatic nitrogens is 1. The SMILES string of the molecule is CC1CC2(CC2)CN1C(=O)C(CC=O)CC1CCCC1.CNO.Cc1cc(NC=O)no1. The molecule has 2 heterocycles. The number of nitrogens with zero attached hydrogens (tertiary/aromatic N) is 2. The van der Waals surface area contributed by atoms with Gasteiger partial charge < -0.3 is 24.7 Å². The van der Waals surface area contributed by atoms with Gasteiger partial charge in [0.05, 0.1) is 0 Å². The number of hydroxylamine groups is 1. The van der Waals surface area contributed by atoms with Crippen LogP contribution in [0.5, 0.6) is 0 Å². The molecular formula is C23H38N4O5. The maximum Gasteiger partial charge on any atom is 0.226 e. The van der Waals surface area contributed by atoms with Crippen LogP contribution in [0.15, 0.2) is 10.6 Å². The van der Waals surface area contributed by atoms with Crippen LogP contribution < -0.4 is 10.8 Å². The van der Waals surface area contributed by atoms with Gasteiger partial charge in [0.1, 0.15) is 12.0 Å². The van der Waals surface area contributed by atoms with Gasteiger partial charge in [-0.3, -0.25) is 9.59 Å². The Hall–Kier alpha value is -2.26. The Labute approximate surface area is 190 Å². The third-order valence-electron chi connectivity index (χ3n) is 6.66. The van der Waals surface area contributed by atoms with Gasteiger partial charge in [0, 0.05) is 38.0 Å². The molecule has 1 aromatic rings. The van der Waals surface area contributed by atoms with Crippen LogP contribution in [0.2, 0.25) is 0 Å². The standard InChI is InChI=1S/C17H27NO2.C5H6N2O2.CH5NO/c1-13-11-17(7-8-17)12-18(13)16(20)15(6-9-19)10-14-4-2-3-5-14;1-4-2-5(6-3-8)7-9-4;1-2-3/h9,13-15H,2-8,10-12H2,1H3;2-3H,1H3,(H,6,7,8);2-3H,1H3. The maximum absolute atomic E-state index is 12.8. The maximum atomic E-state index is 12.8. The van der Waals surface area contributed by atoms with Gasteiger partial charge in [-0.05, 0) is 50.9 Å². The van der Waals surface area contributed by atoms with Crippen molar-refractivity contribution in [2.75, 3.05) is 18.9 Å². The van der Waals surface area contributed by atoms with Gasteiger partial charge in [-0.25, -0.2) is 5.48 Å². The minimum atomic E-state index is -0.0491. The monoisotopic (exact) mass is 450 g/mol. The largest absolute Gasteiger partial charge is 0.360 e. The Balaban J connectivity index is 0.000000252. The first-order chi connectivity index (χ1) is 15.4. The van der Waals surface area contributed by atoms with Crippen LogP contribution in [-0.4, -0.2) is 53.5 Å². The summed E-state index contributed by atoms with van der Waals surface area (Å²) in [5.41, 5.74) is 2.22. The Morgan fingerprint density at radius 2 is 2.03 bits per heavy atom. The predicted octanol–water partition coefficient (Wildman–Crippen LogP) is 3.32. The van der Waals surface area contributed by atoms with Gasteiger partial charge in [-0.1, -0.05) is 30.8 Å². The van der Waals surface area contributed by atoms with Crippen LogP contribution in [0.1, 0.15) is 70.5 Å². The third kappa shape index (κ3) is 7.70. The highest BCUT2D eigenvalue weighted by Crippen LogP contribution is 2.55. The van der Waals surface area contributed by atoms with E-state index in [1.54, 1.807) is 18.5 Å². The summed E-state index contributed by atoms with van der Waals surface area (Å²) >= 11 is 0. The van der Waals surface area contributed by atoms with Crippen LogP contribution in [0, 0.1) is 24.2 Å². The molecule has 2 unspecified atom stereocenters. The summed E-state index contributed by atoms with van der Waals surface area (Å²) in [5, 5.41) is 13.2. The lowest BCUT2D eigenvalue weighted by atomic mass is 9.90. The smallest absolute Gasteiger partial charge is 0.226 e. The van der Waals surface area contributed by atoms with Gasteiger partial charge >= 0.3 is 0 Å². The van der Waals surface area contributed by atoms with Crippen molar-refractivity contribution in [2.45, 2.75) is 77.7 Å². The number of nitrogens with one attached hydrogen (secondary N) is 2. The fourth-order valence-electron chi connectivity index (χ4n) is 4.94. The molecule has 9 nitrogen and oxygen atoms in total. The van der Waals surface area contributed by atoms with Crippen molar-refractivity contribution in [3.8, 4) is 0 Å². The number of hydrogen-bond donors (Lipinski definition) is 3. The minimum absolute atomic E-state index is 0.0491. The summed E-state index contributed by atoms with van der Waals surface area (Å²) in [6, 6.07) is 2.01. The lowest BCUT2D eigenvalue weighted by Gasteiger charge is -2.27. The van der Waals surface area contributed by atoms with Crippen LogP contribution in [0.4, 0.5) is 5.82 Å². The Bertz CT molecular complexity index is 728. The van der Waals surface area contributed by atoms with Crippen molar-refractivity contribution < 1.29 is 24.1 Å². The van der Waals surface area contributed by atoms with E-state index in [1.807, 2.05) is 0 Å². The summed E-state index contributed by atoms with van der Waals surface area (Å²) in [7, 11) is 1.43. The van der Waals surface area contributed by atoms with Gasteiger partial charge in [-0.2, -0.15) is 0 Å². The first-order valence-electron chi connectivity index (χ1n) is 11.6. The van der Waals surface area contributed by atoms with Gasteiger partial charge in [0.2, 0.25) is 12.3 Å². The Kier molecular flexibility index (Phi) is 10.3. The topological polar surface area (TPSA) is 125 Å². The number of likely N-dealkylation sites (tertiary alicyclic amines) is 1. The third-order valence-corrected chi connectivity index (χ3v) is 6.66. The van der Waals surface area contributed by atoms with Crippen LogP contribution in [0.3, 0.4) is 0 Å². The van der Waals surface area contributed by atoms with Gasteiger partial charge in [0.25, 0.3) is 0 Å². The second-order valence-corrected chi connectivity index (χ2v) is 9.31. The van der Waals surface area contributed by atoms with Crippen molar-refractivity contribution >= 4 is 24.4 Å².